The van der Waals surface area contributed by atoms with Crippen LogP contribution >= 0.6 is 7.82 Å². The molecule has 0 heterocycles. The number of aliphatic hydroxyl groups is 1. The average molecular weight is 1190 g/mol. The highest BCUT2D eigenvalue weighted by Crippen LogP contribution is 2.43. The van der Waals surface area contributed by atoms with Crippen LogP contribution in [0.25, 0.3) is 0 Å². The van der Waals surface area contributed by atoms with E-state index in [0.29, 0.717) is 19.3 Å². The van der Waals surface area contributed by atoms with E-state index >= 15 is 0 Å². The number of carbonyl (C=O) groups excluding carboxylic acids is 3. The zero-order valence-corrected chi connectivity index (χ0v) is 53.7. The summed E-state index contributed by atoms with van der Waals surface area (Å²) in [5.41, 5.74) is 0. The Morgan fingerprint density at radius 3 is 0.964 bits per heavy atom. The third-order valence-electron chi connectivity index (χ3n) is 13.2. The molecule has 3 unspecified atom stereocenters. The number of aliphatic hydroxyl groups excluding tert-OH is 1. The molecule has 0 aromatic rings. The van der Waals surface area contributed by atoms with Crippen LogP contribution in [0.4, 0.5) is 0 Å². The van der Waals surface area contributed by atoms with Crippen LogP contribution in [0, 0.1) is 0 Å². The highest BCUT2D eigenvalue weighted by molar-refractivity contribution is 7.47. The summed E-state index contributed by atoms with van der Waals surface area (Å²) in [5.74, 6) is -1.55. The summed E-state index contributed by atoms with van der Waals surface area (Å²) in [7, 11) is -4.79. The van der Waals surface area contributed by atoms with Crippen molar-refractivity contribution in [3.8, 4) is 0 Å². The Bertz CT molecular complexity index is 1970. The van der Waals surface area contributed by atoms with Crippen LogP contribution in [-0.2, 0) is 42.2 Å². The van der Waals surface area contributed by atoms with Crippen LogP contribution in [0.5, 0.6) is 0 Å². The van der Waals surface area contributed by atoms with Gasteiger partial charge in [-0.1, -0.05) is 237 Å². The van der Waals surface area contributed by atoms with Gasteiger partial charge >= 0.3 is 25.7 Å². The van der Waals surface area contributed by atoms with Crippen molar-refractivity contribution in [2.24, 2.45) is 0 Å². The minimum absolute atomic E-state index is 0.117. The van der Waals surface area contributed by atoms with Crippen LogP contribution in [0.15, 0.2) is 146 Å². The van der Waals surface area contributed by atoms with Gasteiger partial charge in [-0.2, -0.15) is 0 Å². The second-order valence-corrected chi connectivity index (χ2v) is 22.6. The van der Waals surface area contributed by atoms with Gasteiger partial charge in [-0.15, -0.1) is 0 Å². The SMILES string of the molecule is CC/C=C\C/C=C\C/C=C\C/C=C\C/C=C\CCCCCC(=O)OC(CO)COP(=O)(O)OCC(COC(=O)CCCCCCCCCCC/C=C\C/C=C\CCCCC)OC(=O)CCCCC/C=C\C/C=C\C/C=C\C/C=C\C/C=C\CC. The first-order valence-corrected chi connectivity index (χ1v) is 34.2. The highest BCUT2D eigenvalue weighted by atomic mass is 31.2. The number of esters is 3. The minimum Gasteiger partial charge on any atom is -0.462 e. The van der Waals surface area contributed by atoms with E-state index in [9.17, 15) is 28.9 Å². The molecule has 0 aliphatic heterocycles. The number of rotatable bonds is 59. The Balaban J connectivity index is 4.82. The van der Waals surface area contributed by atoms with Crippen molar-refractivity contribution >= 4 is 25.7 Å². The van der Waals surface area contributed by atoms with E-state index in [0.717, 1.165) is 135 Å². The van der Waals surface area contributed by atoms with E-state index < -0.39 is 57.8 Å². The maximum Gasteiger partial charge on any atom is 0.472 e. The van der Waals surface area contributed by atoms with Gasteiger partial charge in [-0.25, -0.2) is 4.57 Å². The molecule has 0 aromatic heterocycles. The van der Waals surface area contributed by atoms with E-state index in [1.165, 1.54) is 57.8 Å². The Labute approximate surface area is 512 Å². The van der Waals surface area contributed by atoms with Gasteiger partial charge in [0.1, 0.15) is 12.7 Å². The molecule has 84 heavy (non-hydrogen) atoms. The van der Waals surface area contributed by atoms with Crippen molar-refractivity contribution in [2.45, 2.75) is 264 Å². The largest absolute Gasteiger partial charge is 0.472 e. The van der Waals surface area contributed by atoms with Crippen molar-refractivity contribution in [1.82, 2.24) is 0 Å². The Morgan fingerprint density at radius 2 is 0.619 bits per heavy atom. The first-order valence-electron chi connectivity index (χ1n) is 32.7. The molecule has 11 nitrogen and oxygen atoms in total. The maximum absolute atomic E-state index is 13.0. The summed E-state index contributed by atoms with van der Waals surface area (Å²) in [4.78, 5) is 48.8. The lowest BCUT2D eigenvalue weighted by Gasteiger charge is -2.21. The van der Waals surface area contributed by atoms with Crippen molar-refractivity contribution in [3.05, 3.63) is 146 Å². The van der Waals surface area contributed by atoms with Gasteiger partial charge in [0.05, 0.1) is 19.8 Å². The summed E-state index contributed by atoms with van der Waals surface area (Å²) in [6.07, 6.45) is 83.6. The van der Waals surface area contributed by atoms with E-state index in [1.54, 1.807) is 0 Å². The van der Waals surface area contributed by atoms with Crippen LogP contribution < -0.4 is 0 Å². The predicted octanol–water partition coefficient (Wildman–Crippen LogP) is 20.3. The lowest BCUT2D eigenvalue weighted by atomic mass is 10.1. The second kappa shape index (κ2) is 64.4. The molecule has 0 aliphatic rings. The quantitative estimate of drug-likeness (QED) is 0.0197. The standard InChI is InChI=1S/C72H117O11P/c1-4-7-10-13-16-19-22-25-28-31-34-37-40-43-46-49-52-55-58-61-70(74)79-65-69(83-72(76)63-60-57-54-51-48-45-42-39-36-33-30-27-24-21-18-15-12-9-6-3)67-81-84(77,78)80-66-68(64-73)82-71(75)62-59-56-53-50-47-44-41-38-35-32-29-26-23-20-17-14-11-8-5-2/h8-9,11-12,16-21,25-30,35-36,38-39,44-45,47-48,68-69,73H,4-7,10,13-15,22-24,31-34,37,40-43,46,49-67H2,1-3H3,(H,77,78)/b11-8-,12-9-,19-16-,20-17-,21-18-,28-25-,29-26-,30-27-,38-35-,39-36-,47-44-,48-45-. The Kier molecular flexibility index (Phi) is 60.8. The Morgan fingerprint density at radius 1 is 0.345 bits per heavy atom. The summed E-state index contributed by atoms with van der Waals surface area (Å²) < 4.78 is 39.7. The third kappa shape index (κ3) is 61.9. The zero-order valence-electron chi connectivity index (χ0n) is 52.8. The van der Waals surface area contributed by atoms with Gasteiger partial charge in [0, 0.05) is 19.3 Å². The fourth-order valence-corrected chi connectivity index (χ4v) is 9.11. The van der Waals surface area contributed by atoms with Crippen molar-refractivity contribution in [2.75, 3.05) is 26.4 Å². The van der Waals surface area contributed by atoms with E-state index in [2.05, 4.69) is 167 Å². The monoisotopic (exact) mass is 1190 g/mol. The molecular weight excluding hydrogens is 1070 g/mol. The number of unbranched alkanes of at least 4 members (excludes halogenated alkanes) is 18. The molecule has 0 fully saturated rings. The fourth-order valence-electron chi connectivity index (χ4n) is 8.32. The average Bonchev–Trinajstić information content (AvgIpc) is 3.54. The minimum atomic E-state index is -4.79. The predicted molar refractivity (Wildman–Crippen MR) is 352 cm³/mol. The molecule has 0 amide bonds. The summed E-state index contributed by atoms with van der Waals surface area (Å²) in [6.45, 7) is 4.32. The third-order valence-corrected chi connectivity index (χ3v) is 14.2. The van der Waals surface area contributed by atoms with E-state index in [-0.39, 0.29) is 25.9 Å². The number of allylic oxidation sites excluding steroid dienone is 24. The molecular formula is C72H117O11P. The summed E-state index contributed by atoms with van der Waals surface area (Å²) in [5, 5.41) is 9.86. The summed E-state index contributed by atoms with van der Waals surface area (Å²) in [6, 6.07) is 0. The van der Waals surface area contributed by atoms with Crippen molar-refractivity contribution in [3.63, 3.8) is 0 Å². The molecule has 0 rings (SSSR count). The molecule has 3 atom stereocenters. The number of phosphoric ester groups is 1. The second-order valence-electron chi connectivity index (χ2n) is 21.2. The summed E-state index contributed by atoms with van der Waals surface area (Å²) >= 11 is 0. The maximum atomic E-state index is 13.0. The normalized spacial score (nSPS) is 14.2. The fraction of sp³-hybridized carbons (Fsp3) is 0.625. The first-order chi connectivity index (χ1) is 41.2. The molecule has 12 heteroatoms. The number of carbonyl (C=O) groups is 3. The van der Waals surface area contributed by atoms with Gasteiger partial charge < -0.3 is 24.2 Å². The van der Waals surface area contributed by atoms with E-state index in [1.807, 2.05) is 0 Å². The number of ether oxygens (including phenoxy) is 3. The zero-order chi connectivity index (χ0) is 61.2. The molecule has 2 N–H and O–H groups in total. The highest BCUT2D eigenvalue weighted by Gasteiger charge is 2.28. The molecule has 0 spiro atoms. The van der Waals surface area contributed by atoms with Gasteiger partial charge in [0.25, 0.3) is 0 Å². The Hall–Kier alpha value is -4.64. The number of phosphoric acid groups is 1. The molecule has 0 aromatic carbocycles. The van der Waals surface area contributed by atoms with Gasteiger partial charge in [0.15, 0.2) is 6.10 Å². The molecule has 476 valence electrons. The molecule has 0 bridgehead atoms. The van der Waals surface area contributed by atoms with Gasteiger partial charge in [-0.3, -0.25) is 23.4 Å². The first kappa shape index (κ1) is 79.4. The number of hydrogen-bond acceptors (Lipinski definition) is 10. The van der Waals surface area contributed by atoms with E-state index in [4.69, 9.17) is 23.3 Å². The van der Waals surface area contributed by atoms with Gasteiger partial charge in [-0.05, 0) is 141 Å². The molecule has 0 saturated carbocycles. The molecule has 0 aliphatic carbocycles. The van der Waals surface area contributed by atoms with Crippen LogP contribution in [0.3, 0.4) is 0 Å². The lowest BCUT2D eigenvalue weighted by molar-refractivity contribution is -0.161. The lowest BCUT2D eigenvalue weighted by Crippen LogP contribution is -2.30. The van der Waals surface area contributed by atoms with Gasteiger partial charge in [0.2, 0.25) is 0 Å². The van der Waals surface area contributed by atoms with Crippen LogP contribution in [0.2, 0.25) is 0 Å². The van der Waals surface area contributed by atoms with Crippen LogP contribution in [-0.4, -0.2) is 66.5 Å². The van der Waals surface area contributed by atoms with Crippen molar-refractivity contribution in [1.29, 1.82) is 0 Å². The van der Waals surface area contributed by atoms with Crippen LogP contribution in [0.1, 0.15) is 252 Å². The number of hydrogen-bond donors (Lipinski definition) is 2. The topological polar surface area (TPSA) is 155 Å². The molecule has 0 saturated heterocycles. The van der Waals surface area contributed by atoms with Crippen molar-refractivity contribution < 1.29 is 52.2 Å². The smallest absolute Gasteiger partial charge is 0.462 e. The molecule has 0 radical (unpaired) electrons.